The second-order valence-corrected chi connectivity index (χ2v) is 9.43. The number of hydrogen-bond donors (Lipinski definition) is 0. The third-order valence-electron chi connectivity index (χ3n) is 5.52. The van der Waals surface area contributed by atoms with Crippen LogP contribution in [0.4, 0.5) is 10.1 Å². The number of carbonyl (C=O) groups excluding carboxylic acids is 2. The number of rotatable bonds is 4. The fraction of sp³-hybridized carbons (Fsp3) is 0.391. The number of fused-ring (bicyclic) bond motifs is 2. The Morgan fingerprint density at radius 2 is 2.00 bits per heavy atom. The van der Waals surface area contributed by atoms with Gasteiger partial charge in [0.15, 0.2) is 4.87 Å². The van der Waals surface area contributed by atoms with E-state index in [-0.39, 0.29) is 30.1 Å². The van der Waals surface area contributed by atoms with Crippen molar-refractivity contribution in [2.24, 2.45) is 5.92 Å². The van der Waals surface area contributed by atoms with Gasteiger partial charge >= 0.3 is 0 Å². The summed E-state index contributed by atoms with van der Waals surface area (Å²) in [5, 5.41) is 0. The van der Waals surface area contributed by atoms with Gasteiger partial charge in [-0.05, 0) is 25.0 Å². The molecule has 29 heavy (non-hydrogen) atoms. The summed E-state index contributed by atoms with van der Waals surface area (Å²) in [7, 11) is 0. The zero-order valence-corrected chi connectivity index (χ0v) is 17.8. The number of thioether (sulfide) groups is 1. The maximum atomic E-state index is 14.3. The molecule has 152 valence electrons. The van der Waals surface area contributed by atoms with E-state index in [2.05, 4.69) is 0 Å². The van der Waals surface area contributed by atoms with Crippen LogP contribution < -0.4 is 4.90 Å². The fourth-order valence-electron chi connectivity index (χ4n) is 4.20. The Balaban J connectivity index is 1.80. The van der Waals surface area contributed by atoms with Crippen LogP contribution in [0.1, 0.15) is 37.0 Å². The van der Waals surface area contributed by atoms with Crippen LogP contribution in [0.3, 0.4) is 0 Å². The Morgan fingerprint density at radius 1 is 1.24 bits per heavy atom. The molecule has 4 nitrogen and oxygen atoms in total. The SMILES string of the molecule is Cc1ccc2c(c1)[C@]1(SCCN1C(=O)CC(C)C)C(=O)N2Cc1ccccc1F. The predicted molar refractivity (Wildman–Crippen MR) is 114 cm³/mol. The van der Waals surface area contributed by atoms with Gasteiger partial charge in [-0.25, -0.2) is 4.39 Å². The molecule has 1 fully saturated rings. The minimum absolute atomic E-state index is 0.00134. The Kier molecular flexibility index (Phi) is 5.15. The normalized spacial score (nSPS) is 20.8. The molecule has 2 aliphatic heterocycles. The van der Waals surface area contributed by atoms with Gasteiger partial charge < -0.3 is 9.80 Å². The highest BCUT2D eigenvalue weighted by Gasteiger charge is 2.59. The lowest BCUT2D eigenvalue weighted by atomic mass is 10.0. The predicted octanol–water partition coefficient (Wildman–Crippen LogP) is 4.46. The lowest BCUT2D eigenvalue weighted by Crippen LogP contribution is -2.50. The van der Waals surface area contributed by atoms with E-state index in [4.69, 9.17) is 0 Å². The van der Waals surface area contributed by atoms with Crippen LogP contribution in [-0.2, 0) is 21.0 Å². The molecule has 2 amide bonds. The van der Waals surface area contributed by atoms with Gasteiger partial charge in [-0.2, -0.15) is 0 Å². The molecule has 2 heterocycles. The number of halogens is 1. The number of aryl methyl sites for hydroxylation is 1. The summed E-state index contributed by atoms with van der Waals surface area (Å²) in [6.45, 7) is 6.69. The molecule has 2 aromatic carbocycles. The second kappa shape index (κ2) is 7.48. The van der Waals surface area contributed by atoms with Crippen molar-refractivity contribution < 1.29 is 14.0 Å². The molecular weight excluding hydrogens is 387 g/mol. The average Bonchev–Trinajstić information content (AvgIpc) is 3.20. The molecule has 1 spiro atoms. The van der Waals surface area contributed by atoms with Crippen LogP contribution in [0.15, 0.2) is 42.5 Å². The molecule has 6 heteroatoms. The van der Waals surface area contributed by atoms with Crippen LogP contribution in [0.5, 0.6) is 0 Å². The van der Waals surface area contributed by atoms with E-state index >= 15 is 0 Å². The first-order chi connectivity index (χ1) is 13.8. The first-order valence-corrected chi connectivity index (χ1v) is 10.9. The van der Waals surface area contributed by atoms with Crippen molar-refractivity contribution in [3.8, 4) is 0 Å². The molecule has 0 aliphatic carbocycles. The lowest BCUT2D eigenvalue weighted by molar-refractivity contribution is -0.140. The molecule has 2 aliphatic rings. The Morgan fingerprint density at radius 3 is 2.72 bits per heavy atom. The summed E-state index contributed by atoms with van der Waals surface area (Å²) in [5.74, 6) is 0.436. The quantitative estimate of drug-likeness (QED) is 0.745. The minimum atomic E-state index is -1.04. The van der Waals surface area contributed by atoms with Crippen molar-refractivity contribution in [1.29, 1.82) is 0 Å². The number of carbonyl (C=O) groups is 2. The highest BCUT2D eigenvalue weighted by molar-refractivity contribution is 8.01. The van der Waals surface area contributed by atoms with Crippen molar-refractivity contribution in [1.82, 2.24) is 4.90 Å². The van der Waals surface area contributed by atoms with Gasteiger partial charge in [0.1, 0.15) is 5.82 Å². The van der Waals surface area contributed by atoms with Crippen LogP contribution >= 0.6 is 11.8 Å². The molecule has 0 bridgehead atoms. The summed E-state index contributed by atoms with van der Waals surface area (Å²) in [6, 6.07) is 12.4. The Bertz CT molecular complexity index is 977. The van der Waals surface area contributed by atoms with E-state index in [9.17, 15) is 14.0 Å². The summed E-state index contributed by atoms with van der Waals surface area (Å²) in [6.07, 6.45) is 0.407. The number of benzene rings is 2. The molecule has 1 saturated heterocycles. The average molecular weight is 413 g/mol. The standard InChI is InChI=1S/C23H25FN2O2S/c1-15(2)12-21(27)26-10-11-29-23(26)18-13-16(3)8-9-20(18)25(22(23)28)14-17-6-4-5-7-19(17)24/h4-9,13,15H,10-12,14H2,1-3H3/t23-/m0/s1. The number of hydrogen-bond acceptors (Lipinski definition) is 3. The van der Waals surface area contributed by atoms with Crippen molar-refractivity contribution in [3.05, 3.63) is 65.0 Å². The van der Waals surface area contributed by atoms with E-state index in [0.717, 1.165) is 16.8 Å². The van der Waals surface area contributed by atoms with Gasteiger partial charge in [0.05, 0.1) is 12.2 Å². The van der Waals surface area contributed by atoms with Crippen LogP contribution in [0.2, 0.25) is 0 Å². The van der Waals surface area contributed by atoms with E-state index < -0.39 is 4.87 Å². The van der Waals surface area contributed by atoms with Gasteiger partial charge in [0, 0.05) is 29.8 Å². The van der Waals surface area contributed by atoms with E-state index in [1.54, 1.807) is 28.0 Å². The monoisotopic (exact) mass is 412 g/mol. The number of anilines is 1. The molecule has 0 aromatic heterocycles. The molecule has 0 saturated carbocycles. The van der Waals surface area contributed by atoms with Gasteiger partial charge in [-0.15, -0.1) is 11.8 Å². The van der Waals surface area contributed by atoms with E-state index in [1.165, 1.54) is 17.8 Å². The highest BCUT2D eigenvalue weighted by atomic mass is 32.2. The number of nitrogens with zero attached hydrogens (tertiary/aromatic N) is 2. The first kappa shape index (κ1) is 20.0. The van der Waals surface area contributed by atoms with Gasteiger partial charge in [-0.1, -0.05) is 49.7 Å². The van der Waals surface area contributed by atoms with E-state index in [0.29, 0.717) is 24.3 Å². The molecular formula is C23H25FN2O2S. The Hall–Kier alpha value is -2.34. The summed E-state index contributed by atoms with van der Waals surface area (Å²) in [4.78, 5) is 29.2. The molecule has 0 N–H and O–H groups in total. The number of amides is 2. The zero-order chi connectivity index (χ0) is 20.8. The lowest BCUT2D eigenvalue weighted by Gasteiger charge is -2.33. The van der Waals surface area contributed by atoms with Crippen LogP contribution in [0, 0.1) is 18.7 Å². The fourth-order valence-corrected chi connectivity index (χ4v) is 5.67. The topological polar surface area (TPSA) is 40.6 Å². The van der Waals surface area contributed by atoms with Crippen molar-refractivity contribution in [3.63, 3.8) is 0 Å². The van der Waals surface area contributed by atoms with E-state index in [1.807, 2.05) is 39.0 Å². The summed E-state index contributed by atoms with van der Waals surface area (Å²) in [5.41, 5.74) is 3.11. The molecule has 0 radical (unpaired) electrons. The zero-order valence-electron chi connectivity index (χ0n) is 16.9. The second-order valence-electron chi connectivity index (χ2n) is 8.14. The maximum Gasteiger partial charge on any atom is 0.268 e. The largest absolute Gasteiger partial charge is 0.315 e. The summed E-state index contributed by atoms with van der Waals surface area (Å²) < 4.78 is 14.3. The van der Waals surface area contributed by atoms with Crippen molar-refractivity contribution in [2.45, 2.75) is 38.6 Å². The van der Waals surface area contributed by atoms with Crippen molar-refractivity contribution in [2.75, 3.05) is 17.2 Å². The van der Waals surface area contributed by atoms with Crippen LogP contribution in [0.25, 0.3) is 0 Å². The molecule has 2 aromatic rings. The maximum absolute atomic E-state index is 14.3. The summed E-state index contributed by atoms with van der Waals surface area (Å²) >= 11 is 1.51. The van der Waals surface area contributed by atoms with Crippen LogP contribution in [-0.4, -0.2) is 29.0 Å². The van der Waals surface area contributed by atoms with Gasteiger partial charge in [0.2, 0.25) is 5.91 Å². The van der Waals surface area contributed by atoms with Gasteiger partial charge in [-0.3, -0.25) is 9.59 Å². The van der Waals surface area contributed by atoms with Crippen molar-refractivity contribution >= 4 is 29.3 Å². The Labute approximate surface area is 175 Å². The first-order valence-electron chi connectivity index (χ1n) is 9.95. The molecule has 0 unspecified atom stereocenters. The molecule has 1 atom stereocenters. The smallest absolute Gasteiger partial charge is 0.268 e. The molecule has 4 rings (SSSR count). The highest BCUT2D eigenvalue weighted by Crippen LogP contribution is 2.54. The third-order valence-corrected chi connectivity index (χ3v) is 6.94. The third kappa shape index (κ3) is 3.23. The van der Waals surface area contributed by atoms with Gasteiger partial charge in [0.25, 0.3) is 5.91 Å². The minimum Gasteiger partial charge on any atom is -0.315 e.